The van der Waals surface area contributed by atoms with Crippen molar-refractivity contribution in [1.29, 1.82) is 0 Å². The van der Waals surface area contributed by atoms with Gasteiger partial charge in [0.15, 0.2) is 11.0 Å². The standard InChI is InChI=1S/C20H22N4O2S/c1-13-5-3-6-15(11-13)18-22-23-20(24(18)12-17-7-4-10-26-17)27-14(2)19(25)21-16-8-9-16/h3-7,10-11,14,16H,8-9,12H2,1-2H3,(H,21,25)/t14-/m1/s1. The predicted octanol–water partition coefficient (Wildman–Crippen LogP) is 3.65. The third-order valence-corrected chi connectivity index (χ3v) is 5.54. The molecule has 1 amide bonds. The fourth-order valence-corrected chi connectivity index (χ4v) is 3.69. The van der Waals surface area contributed by atoms with Crippen molar-refractivity contribution in [3.8, 4) is 11.4 Å². The first-order valence-corrected chi connectivity index (χ1v) is 9.98. The minimum absolute atomic E-state index is 0.0483. The topological polar surface area (TPSA) is 73.0 Å². The van der Waals surface area contributed by atoms with E-state index in [2.05, 4.69) is 34.6 Å². The Morgan fingerprint density at radius 2 is 2.19 bits per heavy atom. The largest absolute Gasteiger partial charge is 0.467 e. The van der Waals surface area contributed by atoms with Gasteiger partial charge in [-0.3, -0.25) is 9.36 Å². The summed E-state index contributed by atoms with van der Waals surface area (Å²) >= 11 is 1.43. The first kappa shape index (κ1) is 17.9. The van der Waals surface area contributed by atoms with Crippen molar-refractivity contribution in [2.45, 2.75) is 49.7 Å². The second-order valence-corrected chi connectivity index (χ2v) is 8.19. The first-order valence-electron chi connectivity index (χ1n) is 9.10. The van der Waals surface area contributed by atoms with Crippen LogP contribution in [0, 0.1) is 6.92 Å². The molecule has 1 saturated carbocycles. The van der Waals surface area contributed by atoms with Crippen LogP contribution in [0.15, 0.2) is 52.2 Å². The highest BCUT2D eigenvalue weighted by Crippen LogP contribution is 2.29. The van der Waals surface area contributed by atoms with E-state index in [1.165, 1.54) is 11.8 Å². The van der Waals surface area contributed by atoms with E-state index in [0.29, 0.717) is 17.7 Å². The molecule has 1 atom stereocenters. The molecule has 0 saturated heterocycles. The number of carbonyl (C=O) groups excluding carboxylic acids is 1. The van der Waals surface area contributed by atoms with Crippen molar-refractivity contribution < 1.29 is 9.21 Å². The molecule has 2 heterocycles. The Morgan fingerprint density at radius 1 is 1.33 bits per heavy atom. The van der Waals surface area contributed by atoms with E-state index >= 15 is 0 Å². The average molecular weight is 382 g/mol. The lowest BCUT2D eigenvalue weighted by molar-refractivity contribution is -0.120. The van der Waals surface area contributed by atoms with Gasteiger partial charge in [-0.15, -0.1) is 10.2 Å². The van der Waals surface area contributed by atoms with Crippen molar-refractivity contribution in [2.24, 2.45) is 0 Å². The van der Waals surface area contributed by atoms with Gasteiger partial charge in [0.1, 0.15) is 5.76 Å². The highest BCUT2D eigenvalue weighted by molar-refractivity contribution is 8.00. The first-order chi connectivity index (χ1) is 13.1. The summed E-state index contributed by atoms with van der Waals surface area (Å²) < 4.78 is 7.54. The number of carbonyl (C=O) groups is 1. The molecule has 4 rings (SSSR count). The van der Waals surface area contributed by atoms with Crippen LogP contribution < -0.4 is 5.32 Å². The third-order valence-electron chi connectivity index (χ3n) is 4.46. The fourth-order valence-electron chi connectivity index (χ4n) is 2.83. The van der Waals surface area contributed by atoms with E-state index in [9.17, 15) is 4.79 Å². The van der Waals surface area contributed by atoms with Gasteiger partial charge < -0.3 is 9.73 Å². The zero-order valence-electron chi connectivity index (χ0n) is 15.4. The summed E-state index contributed by atoms with van der Waals surface area (Å²) in [5.41, 5.74) is 2.16. The number of aryl methyl sites for hydroxylation is 1. The van der Waals surface area contributed by atoms with Crippen molar-refractivity contribution in [3.63, 3.8) is 0 Å². The molecule has 1 fully saturated rings. The average Bonchev–Trinajstić information content (AvgIpc) is 3.15. The maximum Gasteiger partial charge on any atom is 0.233 e. The van der Waals surface area contributed by atoms with E-state index in [0.717, 1.165) is 35.6 Å². The molecular formula is C20H22N4O2S. The monoisotopic (exact) mass is 382 g/mol. The van der Waals surface area contributed by atoms with Crippen LogP contribution in [0.1, 0.15) is 31.1 Å². The molecule has 1 N–H and O–H groups in total. The lowest BCUT2D eigenvalue weighted by Gasteiger charge is -2.13. The Kier molecular flexibility index (Phi) is 5.03. The highest BCUT2D eigenvalue weighted by Gasteiger charge is 2.27. The minimum atomic E-state index is -0.240. The molecule has 0 spiro atoms. The van der Waals surface area contributed by atoms with Crippen LogP contribution >= 0.6 is 11.8 Å². The van der Waals surface area contributed by atoms with Gasteiger partial charge in [-0.05, 0) is 44.9 Å². The van der Waals surface area contributed by atoms with Crippen molar-refractivity contribution in [3.05, 3.63) is 54.0 Å². The smallest absolute Gasteiger partial charge is 0.233 e. The van der Waals surface area contributed by atoms with Crippen LogP contribution in [0.4, 0.5) is 0 Å². The fraction of sp³-hybridized carbons (Fsp3) is 0.350. The number of furan rings is 1. The number of hydrogen-bond acceptors (Lipinski definition) is 5. The Bertz CT molecular complexity index is 931. The Morgan fingerprint density at radius 3 is 2.89 bits per heavy atom. The van der Waals surface area contributed by atoms with Gasteiger partial charge in [0.2, 0.25) is 5.91 Å². The van der Waals surface area contributed by atoms with Gasteiger partial charge in [-0.25, -0.2) is 0 Å². The summed E-state index contributed by atoms with van der Waals surface area (Å²) in [5, 5.41) is 12.3. The van der Waals surface area contributed by atoms with Gasteiger partial charge in [0.25, 0.3) is 0 Å². The van der Waals surface area contributed by atoms with Gasteiger partial charge in [0, 0.05) is 11.6 Å². The Labute approximate surface area is 162 Å². The van der Waals surface area contributed by atoms with Crippen molar-refractivity contribution in [1.82, 2.24) is 20.1 Å². The quantitative estimate of drug-likeness (QED) is 0.632. The summed E-state index contributed by atoms with van der Waals surface area (Å²) in [6.45, 7) is 4.47. The molecule has 0 bridgehead atoms. The molecule has 3 aromatic rings. The zero-order valence-corrected chi connectivity index (χ0v) is 16.2. The summed E-state index contributed by atoms with van der Waals surface area (Å²) in [7, 11) is 0. The summed E-state index contributed by atoms with van der Waals surface area (Å²) in [4.78, 5) is 12.3. The molecule has 7 heteroatoms. The van der Waals surface area contributed by atoms with Crippen LogP contribution in [-0.4, -0.2) is 32.0 Å². The van der Waals surface area contributed by atoms with Crippen LogP contribution in [0.3, 0.4) is 0 Å². The zero-order chi connectivity index (χ0) is 18.8. The molecule has 140 valence electrons. The van der Waals surface area contributed by atoms with E-state index < -0.39 is 0 Å². The number of nitrogens with one attached hydrogen (secondary N) is 1. The maximum atomic E-state index is 12.3. The number of benzene rings is 1. The second-order valence-electron chi connectivity index (χ2n) is 6.88. The lowest BCUT2D eigenvalue weighted by Crippen LogP contribution is -2.32. The molecular weight excluding hydrogens is 360 g/mol. The number of nitrogens with zero attached hydrogens (tertiary/aromatic N) is 3. The van der Waals surface area contributed by atoms with Crippen LogP contribution in [0.5, 0.6) is 0 Å². The molecule has 1 aliphatic rings. The normalized spacial score (nSPS) is 14.9. The minimum Gasteiger partial charge on any atom is -0.467 e. The molecule has 6 nitrogen and oxygen atoms in total. The van der Waals surface area contributed by atoms with Gasteiger partial charge >= 0.3 is 0 Å². The van der Waals surface area contributed by atoms with E-state index in [4.69, 9.17) is 4.42 Å². The molecule has 0 aliphatic heterocycles. The Hall–Kier alpha value is -2.54. The number of hydrogen-bond donors (Lipinski definition) is 1. The summed E-state index contributed by atoms with van der Waals surface area (Å²) in [6.07, 6.45) is 3.81. The van der Waals surface area contributed by atoms with Crippen LogP contribution in [0.25, 0.3) is 11.4 Å². The maximum absolute atomic E-state index is 12.3. The SMILES string of the molecule is Cc1cccc(-c2nnc(S[C@H](C)C(=O)NC3CC3)n2Cc2ccco2)c1. The molecule has 0 unspecified atom stereocenters. The van der Waals surface area contributed by atoms with Crippen molar-refractivity contribution >= 4 is 17.7 Å². The van der Waals surface area contributed by atoms with Crippen molar-refractivity contribution in [2.75, 3.05) is 0 Å². The van der Waals surface area contributed by atoms with Crippen LogP contribution in [0.2, 0.25) is 0 Å². The molecule has 1 aromatic carbocycles. The number of thioether (sulfide) groups is 1. The molecule has 27 heavy (non-hydrogen) atoms. The Balaban J connectivity index is 1.63. The van der Waals surface area contributed by atoms with E-state index in [1.807, 2.05) is 35.8 Å². The summed E-state index contributed by atoms with van der Waals surface area (Å²) in [5.74, 6) is 1.64. The van der Waals surface area contributed by atoms with Gasteiger partial charge in [-0.1, -0.05) is 35.5 Å². The second kappa shape index (κ2) is 7.60. The predicted molar refractivity (Wildman–Crippen MR) is 104 cm³/mol. The van der Waals surface area contributed by atoms with E-state index in [1.54, 1.807) is 6.26 Å². The van der Waals surface area contributed by atoms with Gasteiger partial charge in [0.05, 0.1) is 18.1 Å². The van der Waals surface area contributed by atoms with E-state index in [-0.39, 0.29) is 11.2 Å². The lowest BCUT2D eigenvalue weighted by atomic mass is 10.1. The number of amides is 1. The highest BCUT2D eigenvalue weighted by atomic mass is 32.2. The van der Waals surface area contributed by atoms with Gasteiger partial charge in [-0.2, -0.15) is 0 Å². The third kappa shape index (κ3) is 4.24. The molecule has 2 aromatic heterocycles. The number of aromatic nitrogens is 3. The molecule has 1 aliphatic carbocycles. The number of rotatable bonds is 7. The summed E-state index contributed by atoms with van der Waals surface area (Å²) in [6, 6.07) is 12.3. The molecule has 0 radical (unpaired) electrons. The van der Waals surface area contributed by atoms with Crippen LogP contribution in [-0.2, 0) is 11.3 Å².